The van der Waals surface area contributed by atoms with Crippen molar-refractivity contribution >= 4 is 44.8 Å². The smallest absolute Gasteiger partial charge is 0.325 e. The first kappa shape index (κ1) is 21.6. The first-order valence-electron chi connectivity index (χ1n) is 8.50. The molecule has 0 atom stereocenters. The molecule has 3 rings (SSSR count). The second kappa shape index (κ2) is 8.71. The Labute approximate surface area is 177 Å². The molecule has 12 nitrogen and oxygen atoms in total. The number of carbonyl (C=O) groups is 2. The molecule has 0 aliphatic carbocycles. The lowest BCUT2D eigenvalue weighted by Crippen LogP contribution is -2.22. The number of thiazole rings is 1. The summed E-state index contributed by atoms with van der Waals surface area (Å²) in [5, 5.41) is 22.1. The molecule has 13 heteroatoms. The molecule has 0 radical (unpaired) electrons. The number of nitro groups is 2. The van der Waals surface area contributed by atoms with Crippen LogP contribution in [0.4, 0.5) is 11.4 Å². The molecule has 0 spiro atoms. The van der Waals surface area contributed by atoms with E-state index >= 15 is 0 Å². The summed E-state index contributed by atoms with van der Waals surface area (Å²) in [5.74, 6) is -0.981. The van der Waals surface area contributed by atoms with Gasteiger partial charge in [0.15, 0.2) is 4.80 Å². The number of amides is 1. The largest absolute Gasteiger partial charge is 0.497 e. The number of non-ortho nitro benzene ring substituents is 2. The Morgan fingerprint density at radius 1 is 1.06 bits per heavy atom. The minimum absolute atomic E-state index is 0.104. The molecule has 31 heavy (non-hydrogen) atoms. The molecule has 1 aromatic heterocycles. The van der Waals surface area contributed by atoms with Crippen LogP contribution in [0.3, 0.4) is 0 Å². The highest BCUT2D eigenvalue weighted by molar-refractivity contribution is 7.16. The Morgan fingerprint density at radius 2 is 1.71 bits per heavy atom. The van der Waals surface area contributed by atoms with Gasteiger partial charge in [-0.3, -0.25) is 29.8 Å². The van der Waals surface area contributed by atoms with E-state index in [0.717, 1.165) is 29.5 Å². The number of fused-ring (bicyclic) bond motifs is 1. The fourth-order valence-electron chi connectivity index (χ4n) is 2.69. The highest BCUT2D eigenvalue weighted by atomic mass is 32.1. The zero-order valence-electron chi connectivity index (χ0n) is 16.1. The average Bonchev–Trinajstić information content (AvgIpc) is 3.08. The van der Waals surface area contributed by atoms with Crippen molar-refractivity contribution in [1.29, 1.82) is 0 Å². The van der Waals surface area contributed by atoms with Gasteiger partial charge in [0.2, 0.25) is 0 Å². The molecule has 160 valence electrons. The van der Waals surface area contributed by atoms with Crippen LogP contribution >= 0.6 is 11.3 Å². The van der Waals surface area contributed by atoms with Gasteiger partial charge in [-0.2, -0.15) is 4.99 Å². The molecule has 0 aliphatic rings. The van der Waals surface area contributed by atoms with Crippen LogP contribution in [0.5, 0.6) is 5.75 Å². The van der Waals surface area contributed by atoms with E-state index in [-0.39, 0.29) is 16.9 Å². The average molecular weight is 446 g/mol. The summed E-state index contributed by atoms with van der Waals surface area (Å²) in [4.78, 5) is 49.1. The van der Waals surface area contributed by atoms with Gasteiger partial charge < -0.3 is 14.0 Å². The minimum Gasteiger partial charge on any atom is -0.497 e. The number of rotatable bonds is 6. The number of hydrogen-bond donors (Lipinski definition) is 0. The molecule has 0 saturated carbocycles. The van der Waals surface area contributed by atoms with E-state index in [0.29, 0.717) is 16.0 Å². The van der Waals surface area contributed by atoms with Crippen LogP contribution in [0.25, 0.3) is 10.2 Å². The number of aromatic nitrogens is 1. The molecular weight excluding hydrogens is 432 g/mol. The molecule has 0 aliphatic heterocycles. The molecule has 0 unspecified atom stereocenters. The van der Waals surface area contributed by atoms with E-state index in [9.17, 15) is 29.8 Å². The fourth-order valence-corrected chi connectivity index (χ4v) is 3.75. The highest BCUT2D eigenvalue weighted by Gasteiger charge is 2.20. The number of hydrogen-bond acceptors (Lipinski definition) is 9. The minimum atomic E-state index is -0.941. The molecule has 0 bridgehead atoms. The van der Waals surface area contributed by atoms with Gasteiger partial charge in [0.25, 0.3) is 17.3 Å². The van der Waals surface area contributed by atoms with Crippen LogP contribution in [0.2, 0.25) is 0 Å². The van der Waals surface area contributed by atoms with Crippen molar-refractivity contribution in [3.05, 3.63) is 67.0 Å². The lowest BCUT2D eigenvalue weighted by molar-refractivity contribution is -0.394. The van der Waals surface area contributed by atoms with Crippen molar-refractivity contribution in [2.75, 3.05) is 14.2 Å². The third-order valence-corrected chi connectivity index (χ3v) is 5.21. The van der Waals surface area contributed by atoms with Crippen LogP contribution in [-0.2, 0) is 16.1 Å². The second-order valence-electron chi connectivity index (χ2n) is 6.05. The van der Waals surface area contributed by atoms with Crippen molar-refractivity contribution in [1.82, 2.24) is 4.57 Å². The quantitative estimate of drug-likeness (QED) is 0.317. The number of nitrogens with zero attached hydrogens (tertiary/aromatic N) is 4. The summed E-state index contributed by atoms with van der Waals surface area (Å²) < 4.78 is 12.0. The zero-order chi connectivity index (χ0) is 22.7. The number of ether oxygens (including phenoxy) is 2. The van der Waals surface area contributed by atoms with Crippen LogP contribution < -0.4 is 9.54 Å². The molecule has 1 heterocycles. The Hall–Kier alpha value is -4.13. The van der Waals surface area contributed by atoms with Gasteiger partial charge in [0.05, 0.1) is 45.9 Å². The van der Waals surface area contributed by atoms with Crippen molar-refractivity contribution in [2.24, 2.45) is 4.99 Å². The second-order valence-corrected chi connectivity index (χ2v) is 7.06. The Morgan fingerprint density at radius 3 is 2.26 bits per heavy atom. The topological polar surface area (TPSA) is 156 Å². The summed E-state index contributed by atoms with van der Waals surface area (Å²) in [5.41, 5.74) is -0.985. The Balaban J connectivity index is 2.18. The number of methoxy groups -OCH3 is 2. The Bertz CT molecular complexity index is 1260. The first-order chi connectivity index (χ1) is 14.7. The van der Waals surface area contributed by atoms with Crippen molar-refractivity contribution in [3.8, 4) is 5.75 Å². The standard InChI is InChI=1S/C18H14N4O8S/c1-29-13-3-4-14-15(8-13)31-18(20(14)9-16(23)30-2)19-17(24)10-5-11(21(25)26)7-12(6-10)22(27)28/h3-8H,9H2,1-2H3. The summed E-state index contributed by atoms with van der Waals surface area (Å²) in [6.45, 7) is -0.246. The maximum atomic E-state index is 12.7. The molecule has 0 N–H and O–H groups in total. The van der Waals surface area contributed by atoms with Gasteiger partial charge in [0, 0.05) is 12.1 Å². The van der Waals surface area contributed by atoms with Crippen LogP contribution in [0.1, 0.15) is 10.4 Å². The number of esters is 1. The maximum Gasteiger partial charge on any atom is 0.325 e. The summed E-state index contributed by atoms with van der Waals surface area (Å²) >= 11 is 1.07. The Kier molecular flexibility index (Phi) is 6.06. The van der Waals surface area contributed by atoms with Gasteiger partial charge in [-0.15, -0.1) is 0 Å². The molecule has 0 saturated heterocycles. The van der Waals surface area contributed by atoms with Gasteiger partial charge in [-0.1, -0.05) is 11.3 Å². The molecule has 0 fully saturated rings. The summed E-state index contributed by atoms with van der Waals surface area (Å²) in [7, 11) is 2.70. The number of carbonyl (C=O) groups excluding carboxylic acids is 2. The zero-order valence-corrected chi connectivity index (χ0v) is 17.0. The lowest BCUT2D eigenvalue weighted by Gasteiger charge is -2.04. The van der Waals surface area contributed by atoms with Gasteiger partial charge in [0.1, 0.15) is 12.3 Å². The predicted molar refractivity (Wildman–Crippen MR) is 108 cm³/mol. The third-order valence-electron chi connectivity index (χ3n) is 4.17. The maximum absolute atomic E-state index is 12.7. The first-order valence-corrected chi connectivity index (χ1v) is 9.32. The molecule has 2 aromatic carbocycles. The van der Waals surface area contributed by atoms with Crippen LogP contribution in [-0.4, -0.2) is 40.5 Å². The van der Waals surface area contributed by atoms with E-state index < -0.39 is 33.1 Å². The number of nitro benzene ring substituents is 2. The van der Waals surface area contributed by atoms with E-state index in [1.54, 1.807) is 18.2 Å². The van der Waals surface area contributed by atoms with Crippen molar-refractivity contribution in [3.63, 3.8) is 0 Å². The summed E-state index contributed by atoms with van der Waals surface area (Å²) in [6, 6.07) is 7.59. The third kappa shape index (κ3) is 4.56. The van der Waals surface area contributed by atoms with E-state index in [1.165, 1.54) is 18.8 Å². The monoisotopic (exact) mass is 446 g/mol. The van der Waals surface area contributed by atoms with E-state index in [4.69, 9.17) is 4.74 Å². The van der Waals surface area contributed by atoms with Gasteiger partial charge in [-0.25, -0.2) is 0 Å². The number of benzene rings is 2. The van der Waals surface area contributed by atoms with Gasteiger partial charge >= 0.3 is 5.97 Å². The van der Waals surface area contributed by atoms with Crippen molar-refractivity contribution in [2.45, 2.75) is 6.54 Å². The molecule has 1 amide bonds. The van der Waals surface area contributed by atoms with Crippen LogP contribution in [0, 0.1) is 20.2 Å². The van der Waals surface area contributed by atoms with Gasteiger partial charge in [-0.05, 0) is 18.2 Å². The predicted octanol–water partition coefficient (Wildman–Crippen LogP) is 2.44. The summed E-state index contributed by atoms with van der Waals surface area (Å²) in [6.07, 6.45) is 0. The fraction of sp³-hybridized carbons (Fsp3) is 0.167. The normalized spacial score (nSPS) is 11.4. The SMILES string of the molecule is COC(=O)Cn1c(=NC(=O)c2cc([N+](=O)[O-])cc([N+](=O)[O-])c2)sc2cc(OC)ccc21. The highest BCUT2D eigenvalue weighted by Crippen LogP contribution is 2.25. The van der Waals surface area contributed by atoms with E-state index in [1.807, 2.05) is 0 Å². The molecular formula is C18H14N4O8S. The van der Waals surface area contributed by atoms with Crippen LogP contribution in [0.15, 0.2) is 41.4 Å². The van der Waals surface area contributed by atoms with E-state index in [2.05, 4.69) is 9.73 Å². The van der Waals surface area contributed by atoms with Crippen molar-refractivity contribution < 1.29 is 28.9 Å². The molecule has 3 aromatic rings. The lowest BCUT2D eigenvalue weighted by atomic mass is 10.1.